The fourth-order valence-corrected chi connectivity index (χ4v) is 1.43. The van der Waals surface area contributed by atoms with Gasteiger partial charge in [0.1, 0.15) is 5.69 Å². The summed E-state index contributed by atoms with van der Waals surface area (Å²) in [5.41, 5.74) is 9.10. The molecule has 2 N–H and O–H groups in total. The van der Waals surface area contributed by atoms with Gasteiger partial charge < -0.3 is 10.3 Å². The minimum Gasteiger partial charge on any atom is -0.367 e. The first kappa shape index (κ1) is 8.80. The summed E-state index contributed by atoms with van der Waals surface area (Å²) in [7, 11) is 1.87. The van der Waals surface area contributed by atoms with E-state index in [1.165, 1.54) is 0 Å². The van der Waals surface area contributed by atoms with Crippen LogP contribution in [0.3, 0.4) is 0 Å². The zero-order valence-corrected chi connectivity index (χ0v) is 8.40. The molecule has 5 heteroatoms. The molecule has 14 heavy (non-hydrogen) atoms. The molecule has 0 radical (unpaired) electrons. The molecule has 2 aromatic heterocycles. The first-order valence-electron chi connectivity index (χ1n) is 4.32. The number of aromatic nitrogens is 3. The fourth-order valence-electron chi connectivity index (χ4n) is 1.43. The predicted molar refractivity (Wildman–Crippen MR) is 52.6 cm³/mol. The average Bonchev–Trinajstić information content (AvgIpc) is 2.59. The molecule has 0 aromatic carbocycles. The second kappa shape index (κ2) is 2.87. The van der Waals surface area contributed by atoms with Crippen molar-refractivity contribution in [2.45, 2.75) is 13.8 Å². The number of nitrogens with two attached hydrogens (primary N) is 1. The molecule has 0 unspecified atom stereocenters. The quantitative estimate of drug-likeness (QED) is 0.738. The first-order chi connectivity index (χ1) is 6.59. The third-order valence-electron chi connectivity index (χ3n) is 2.23. The molecule has 0 amide bonds. The van der Waals surface area contributed by atoms with E-state index in [2.05, 4.69) is 10.3 Å². The Hall–Kier alpha value is -1.78. The van der Waals surface area contributed by atoms with Crippen molar-refractivity contribution in [1.82, 2.24) is 14.9 Å². The Bertz CT molecular complexity index is 469. The number of hydrogen-bond acceptors (Lipinski definition) is 4. The minimum atomic E-state index is 0.364. The summed E-state index contributed by atoms with van der Waals surface area (Å²) < 4.78 is 6.65. The predicted octanol–water partition coefficient (Wildman–Crippen LogP) is 1.27. The van der Waals surface area contributed by atoms with Crippen LogP contribution in [-0.2, 0) is 7.05 Å². The summed E-state index contributed by atoms with van der Waals surface area (Å²) in [4.78, 5) is 0. The molecule has 0 aliphatic rings. The Kier molecular flexibility index (Phi) is 1.80. The largest absolute Gasteiger partial charge is 0.367 e. The van der Waals surface area contributed by atoms with Crippen LogP contribution in [0.5, 0.6) is 0 Å². The highest BCUT2D eigenvalue weighted by Crippen LogP contribution is 2.27. The summed E-state index contributed by atoms with van der Waals surface area (Å²) in [5.74, 6) is 0.364. The van der Waals surface area contributed by atoms with Gasteiger partial charge in [0.2, 0.25) is 5.88 Å². The van der Waals surface area contributed by atoms with E-state index in [-0.39, 0.29) is 0 Å². The van der Waals surface area contributed by atoms with Crippen LogP contribution in [0, 0.1) is 13.8 Å². The lowest BCUT2D eigenvalue weighted by molar-refractivity contribution is 0.439. The SMILES string of the molecule is Cc1nn(C)cc1-c1noc(N)c1C. The molecular formula is C9H12N4O. The summed E-state index contributed by atoms with van der Waals surface area (Å²) >= 11 is 0. The van der Waals surface area contributed by atoms with Crippen LogP contribution in [0.15, 0.2) is 10.7 Å². The number of nitrogens with zero attached hydrogens (tertiary/aromatic N) is 3. The lowest BCUT2D eigenvalue weighted by Crippen LogP contribution is -1.86. The van der Waals surface area contributed by atoms with Crippen LogP contribution in [-0.4, -0.2) is 14.9 Å². The molecule has 0 aliphatic carbocycles. The molecule has 5 nitrogen and oxygen atoms in total. The summed E-state index contributed by atoms with van der Waals surface area (Å²) in [6.45, 7) is 3.81. The zero-order chi connectivity index (χ0) is 10.3. The van der Waals surface area contributed by atoms with Crippen molar-refractivity contribution >= 4 is 5.88 Å². The molecule has 0 atom stereocenters. The van der Waals surface area contributed by atoms with Gasteiger partial charge in [0.25, 0.3) is 0 Å². The number of aryl methyl sites for hydroxylation is 2. The Morgan fingerprint density at radius 3 is 2.57 bits per heavy atom. The van der Waals surface area contributed by atoms with E-state index in [1.54, 1.807) is 4.68 Å². The lowest BCUT2D eigenvalue weighted by atomic mass is 10.1. The van der Waals surface area contributed by atoms with Crippen molar-refractivity contribution in [3.63, 3.8) is 0 Å². The molecule has 2 heterocycles. The van der Waals surface area contributed by atoms with Crippen molar-refractivity contribution in [3.05, 3.63) is 17.5 Å². The third-order valence-corrected chi connectivity index (χ3v) is 2.23. The van der Waals surface area contributed by atoms with E-state index in [1.807, 2.05) is 27.1 Å². The molecular weight excluding hydrogens is 180 g/mol. The van der Waals surface area contributed by atoms with Gasteiger partial charge in [-0.3, -0.25) is 4.68 Å². The summed E-state index contributed by atoms with van der Waals surface area (Å²) in [6.07, 6.45) is 1.90. The van der Waals surface area contributed by atoms with E-state index in [9.17, 15) is 0 Å². The summed E-state index contributed by atoms with van der Waals surface area (Å²) in [6, 6.07) is 0. The maximum atomic E-state index is 5.58. The van der Waals surface area contributed by atoms with Crippen LogP contribution in [0.2, 0.25) is 0 Å². The second-order valence-corrected chi connectivity index (χ2v) is 3.32. The molecule has 0 bridgehead atoms. The van der Waals surface area contributed by atoms with Crippen molar-refractivity contribution in [1.29, 1.82) is 0 Å². The highest BCUT2D eigenvalue weighted by atomic mass is 16.5. The van der Waals surface area contributed by atoms with Gasteiger partial charge in [-0.2, -0.15) is 5.10 Å². The van der Waals surface area contributed by atoms with Gasteiger partial charge in [-0.1, -0.05) is 5.16 Å². The highest BCUT2D eigenvalue weighted by Gasteiger charge is 2.15. The van der Waals surface area contributed by atoms with Gasteiger partial charge in [0, 0.05) is 24.4 Å². The molecule has 0 saturated heterocycles. The fraction of sp³-hybridized carbons (Fsp3) is 0.333. The van der Waals surface area contributed by atoms with Gasteiger partial charge in [-0.15, -0.1) is 0 Å². The smallest absolute Gasteiger partial charge is 0.225 e. The van der Waals surface area contributed by atoms with Crippen LogP contribution in [0.25, 0.3) is 11.3 Å². The lowest BCUT2D eigenvalue weighted by Gasteiger charge is -1.92. The Morgan fingerprint density at radius 1 is 1.43 bits per heavy atom. The van der Waals surface area contributed by atoms with Gasteiger partial charge in [0.05, 0.1) is 5.69 Å². The van der Waals surface area contributed by atoms with Crippen LogP contribution < -0.4 is 5.73 Å². The van der Waals surface area contributed by atoms with Gasteiger partial charge in [0.15, 0.2) is 0 Å². The minimum absolute atomic E-state index is 0.364. The van der Waals surface area contributed by atoms with Crippen LogP contribution >= 0.6 is 0 Å². The number of hydrogen-bond donors (Lipinski definition) is 1. The maximum absolute atomic E-state index is 5.58. The Labute approximate surface area is 81.5 Å². The van der Waals surface area contributed by atoms with E-state index >= 15 is 0 Å². The van der Waals surface area contributed by atoms with Crippen molar-refractivity contribution in [2.75, 3.05) is 5.73 Å². The maximum Gasteiger partial charge on any atom is 0.225 e. The van der Waals surface area contributed by atoms with Crippen LogP contribution in [0.4, 0.5) is 5.88 Å². The molecule has 2 rings (SSSR count). The van der Waals surface area contributed by atoms with E-state index in [4.69, 9.17) is 10.3 Å². The average molecular weight is 192 g/mol. The molecule has 74 valence electrons. The Morgan fingerprint density at radius 2 is 2.14 bits per heavy atom. The first-order valence-corrected chi connectivity index (χ1v) is 4.32. The summed E-state index contributed by atoms with van der Waals surface area (Å²) in [5, 5.41) is 8.14. The van der Waals surface area contributed by atoms with Crippen molar-refractivity contribution in [3.8, 4) is 11.3 Å². The van der Waals surface area contributed by atoms with E-state index in [0.29, 0.717) is 5.88 Å². The third kappa shape index (κ3) is 1.17. The van der Waals surface area contributed by atoms with Gasteiger partial charge in [-0.25, -0.2) is 0 Å². The molecule has 0 aliphatic heterocycles. The van der Waals surface area contributed by atoms with Gasteiger partial charge >= 0.3 is 0 Å². The van der Waals surface area contributed by atoms with Crippen molar-refractivity contribution in [2.24, 2.45) is 7.05 Å². The molecule has 2 aromatic rings. The van der Waals surface area contributed by atoms with E-state index < -0.39 is 0 Å². The standard InChI is InChI=1S/C9H12N4O/c1-5-8(12-14-9(5)10)7-4-13(3)11-6(7)2/h4H,10H2,1-3H3. The highest BCUT2D eigenvalue weighted by molar-refractivity contribution is 5.67. The second-order valence-electron chi connectivity index (χ2n) is 3.32. The van der Waals surface area contributed by atoms with Gasteiger partial charge in [-0.05, 0) is 13.8 Å². The number of rotatable bonds is 1. The molecule has 0 spiro atoms. The van der Waals surface area contributed by atoms with E-state index in [0.717, 1.165) is 22.5 Å². The topological polar surface area (TPSA) is 69.9 Å². The number of nitrogen functional groups attached to an aromatic ring is 1. The Balaban J connectivity index is 2.59. The number of anilines is 1. The zero-order valence-electron chi connectivity index (χ0n) is 8.40. The normalized spacial score (nSPS) is 10.8. The van der Waals surface area contributed by atoms with Crippen molar-refractivity contribution < 1.29 is 4.52 Å². The molecule has 0 saturated carbocycles. The molecule has 0 fully saturated rings. The monoisotopic (exact) mass is 192 g/mol. The van der Waals surface area contributed by atoms with Crippen LogP contribution in [0.1, 0.15) is 11.3 Å².